The summed E-state index contributed by atoms with van der Waals surface area (Å²) in [5.41, 5.74) is 0. The van der Waals surface area contributed by atoms with Gasteiger partial charge < -0.3 is 57.3 Å². The summed E-state index contributed by atoms with van der Waals surface area (Å²) in [4.78, 5) is 21.1. The minimum absolute atomic E-state index is 0.240. The first kappa shape index (κ1) is 44.1. The van der Waals surface area contributed by atoms with Crippen molar-refractivity contribution in [2.45, 2.75) is 59.5 Å². The molecule has 0 fully saturated rings. The number of hydrogen-bond donors (Lipinski definition) is 4. The van der Waals surface area contributed by atoms with Gasteiger partial charge in [-0.1, -0.05) is 0 Å². The van der Waals surface area contributed by atoms with Gasteiger partial charge in [0.25, 0.3) is 0 Å². The highest BCUT2D eigenvalue weighted by Crippen LogP contribution is 2.17. The van der Waals surface area contributed by atoms with Crippen LogP contribution in [0.4, 0.5) is 0 Å². The number of esters is 2. The van der Waals surface area contributed by atoms with Crippen LogP contribution in [0.3, 0.4) is 0 Å². The molecule has 43 heavy (non-hydrogen) atoms. The smallest absolute Gasteiger partial charge is 0.465 e. The van der Waals surface area contributed by atoms with Gasteiger partial charge in [-0.3, -0.25) is 9.59 Å². The van der Waals surface area contributed by atoms with E-state index in [1.165, 1.54) is 13.8 Å². The first-order valence-electron chi connectivity index (χ1n) is 15.4. The first-order valence-corrected chi connectivity index (χ1v) is 19.2. The lowest BCUT2D eigenvalue weighted by atomic mass is 10.4. The van der Waals surface area contributed by atoms with E-state index in [0.717, 1.165) is 64.2 Å². The van der Waals surface area contributed by atoms with E-state index in [2.05, 4.69) is 21.3 Å². The highest BCUT2D eigenvalue weighted by molar-refractivity contribution is 6.61. The quantitative estimate of drug-likeness (QED) is 0.0516. The van der Waals surface area contributed by atoms with Crippen molar-refractivity contribution in [1.82, 2.24) is 21.3 Å². The van der Waals surface area contributed by atoms with Crippen LogP contribution in [0.25, 0.3) is 0 Å². The largest absolute Gasteiger partial charge is 0.500 e. The van der Waals surface area contributed by atoms with E-state index in [1.54, 1.807) is 21.3 Å². The molecule has 0 amide bonds. The summed E-state index contributed by atoms with van der Waals surface area (Å²) < 4.78 is 43.1. The number of carbonyl (C=O) groups is 2. The Labute approximate surface area is 262 Å². The maximum Gasteiger partial charge on any atom is 0.500 e. The molecule has 0 radical (unpaired) electrons. The van der Waals surface area contributed by atoms with E-state index in [1.807, 2.05) is 20.8 Å². The van der Waals surface area contributed by atoms with Crippen molar-refractivity contribution in [3.8, 4) is 0 Å². The van der Waals surface area contributed by atoms with Gasteiger partial charge in [0.05, 0.1) is 0 Å². The Bertz CT molecular complexity index is 628. The standard InChI is InChI=1S/C15H34N2O5Si.C12H28N2O5Si/c1-5-20-23(21-6-2,22-7-3)14-8-9-16-10-11-17-12-13-19-15(4)18;1-12(15)19-10-9-14-8-7-13-6-5-11-20(16-2,17-3)18-4/h16-17H,5-14H2,1-4H3;13-14H,5-11H2,1-4H3. The first-order chi connectivity index (χ1) is 20.7. The molecule has 0 aliphatic heterocycles. The second-order valence-corrected chi connectivity index (χ2v) is 15.0. The minimum atomic E-state index is -2.50. The zero-order chi connectivity index (χ0) is 32.7. The molecule has 0 aromatic carbocycles. The maximum atomic E-state index is 10.6. The molecule has 0 heterocycles. The van der Waals surface area contributed by atoms with Crippen LogP contribution < -0.4 is 21.3 Å². The molecular formula is C27H62N4O10Si2. The van der Waals surface area contributed by atoms with E-state index < -0.39 is 17.6 Å². The van der Waals surface area contributed by atoms with Crippen molar-refractivity contribution in [2.75, 3.05) is 107 Å². The van der Waals surface area contributed by atoms with Crippen LogP contribution in [0.15, 0.2) is 0 Å². The van der Waals surface area contributed by atoms with E-state index in [0.29, 0.717) is 46.1 Å². The van der Waals surface area contributed by atoms with Crippen molar-refractivity contribution in [3.63, 3.8) is 0 Å². The molecule has 0 aromatic rings. The van der Waals surface area contributed by atoms with E-state index in [-0.39, 0.29) is 11.9 Å². The third kappa shape index (κ3) is 27.0. The molecule has 0 unspecified atom stereocenters. The Morgan fingerprint density at radius 3 is 1.14 bits per heavy atom. The molecule has 0 aromatic heterocycles. The summed E-state index contributed by atoms with van der Waals surface area (Å²) in [6, 6.07) is 1.62. The normalized spacial score (nSPS) is 11.6. The predicted octanol–water partition coefficient (Wildman–Crippen LogP) is 1.16. The van der Waals surface area contributed by atoms with Gasteiger partial charge in [0.15, 0.2) is 0 Å². The highest BCUT2D eigenvalue weighted by atomic mass is 28.4. The number of carbonyl (C=O) groups excluding carboxylic acids is 2. The van der Waals surface area contributed by atoms with Crippen molar-refractivity contribution in [1.29, 1.82) is 0 Å². The van der Waals surface area contributed by atoms with Gasteiger partial charge in [-0.05, 0) is 46.7 Å². The van der Waals surface area contributed by atoms with E-state index in [4.69, 9.17) is 36.0 Å². The zero-order valence-electron chi connectivity index (χ0n) is 28.1. The van der Waals surface area contributed by atoms with Gasteiger partial charge in [0, 0.05) is 106 Å². The Morgan fingerprint density at radius 1 is 0.512 bits per heavy atom. The van der Waals surface area contributed by atoms with E-state index in [9.17, 15) is 9.59 Å². The fraction of sp³-hybridized carbons (Fsp3) is 0.926. The molecule has 4 N–H and O–H groups in total. The number of nitrogens with one attached hydrogen (secondary N) is 4. The second kappa shape index (κ2) is 31.0. The molecule has 0 bridgehead atoms. The third-order valence-electron chi connectivity index (χ3n) is 5.82. The van der Waals surface area contributed by atoms with Gasteiger partial charge in [-0.25, -0.2) is 0 Å². The second-order valence-electron chi connectivity index (χ2n) is 9.16. The Kier molecular flexibility index (Phi) is 31.8. The number of hydrogen-bond acceptors (Lipinski definition) is 14. The lowest BCUT2D eigenvalue weighted by molar-refractivity contribution is -0.141. The summed E-state index contributed by atoms with van der Waals surface area (Å²) in [5, 5.41) is 13.1. The molecule has 14 nitrogen and oxygen atoms in total. The lowest BCUT2D eigenvalue weighted by Gasteiger charge is -2.28. The third-order valence-corrected chi connectivity index (χ3v) is 11.8. The topological polar surface area (TPSA) is 156 Å². The monoisotopic (exact) mass is 658 g/mol. The molecule has 0 aliphatic carbocycles. The van der Waals surface area contributed by atoms with E-state index >= 15 is 0 Å². The van der Waals surface area contributed by atoms with Crippen LogP contribution >= 0.6 is 0 Å². The van der Waals surface area contributed by atoms with Crippen LogP contribution in [0, 0.1) is 0 Å². The summed E-state index contributed by atoms with van der Waals surface area (Å²) in [6.07, 6.45) is 1.90. The number of ether oxygens (including phenoxy) is 2. The Hall–Kier alpha value is -1.03. The van der Waals surface area contributed by atoms with Crippen LogP contribution in [-0.4, -0.2) is 136 Å². The maximum absolute atomic E-state index is 10.6. The Balaban J connectivity index is 0. The fourth-order valence-electron chi connectivity index (χ4n) is 3.80. The van der Waals surface area contributed by atoms with Crippen molar-refractivity contribution in [3.05, 3.63) is 0 Å². The average molecular weight is 659 g/mol. The molecule has 0 aliphatic rings. The molecule has 0 saturated carbocycles. The SMILES string of the molecule is CCO[Si](CCCNCCNCCOC(C)=O)(OCC)OCC.CO[Si](CCCNCCNCCOC(C)=O)(OC)OC. The zero-order valence-corrected chi connectivity index (χ0v) is 30.1. The van der Waals surface area contributed by atoms with Crippen LogP contribution in [0.1, 0.15) is 47.5 Å². The molecular weight excluding hydrogens is 596 g/mol. The fourth-order valence-corrected chi connectivity index (χ4v) is 8.14. The van der Waals surface area contributed by atoms with Crippen molar-refractivity contribution < 1.29 is 45.6 Å². The van der Waals surface area contributed by atoms with Gasteiger partial charge in [-0.2, -0.15) is 0 Å². The van der Waals surface area contributed by atoms with Gasteiger partial charge in [0.2, 0.25) is 0 Å². The summed E-state index contributed by atoms with van der Waals surface area (Å²) >= 11 is 0. The highest BCUT2D eigenvalue weighted by Gasteiger charge is 2.39. The van der Waals surface area contributed by atoms with Crippen molar-refractivity contribution >= 4 is 29.5 Å². The van der Waals surface area contributed by atoms with Crippen molar-refractivity contribution in [2.24, 2.45) is 0 Å². The van der Waals surface area contributed by atoms with Crippen LogP contribution in [0.2, 0.25) is 12.1 Å². The molecule has 258 valence electrons. The molecule has 0 spiro atoms. The molecule has 0 saturated heterocycles. The summed E-state index contributed by atoms with van der Waals surface area (Å²) in [5.74, 6) is -0.484. The predicted molar refractivity (Wildman–Crippen MR) is 171 cm³/mol. The summed E-state index contributed by atoms with van der Waals surface area (Å²) in [7, 11) is -0.0408. The minimum Gasteiger partial charge on any atom is -0.465 e. The van der Waals surface area contributed by atoms with Crippen LogP contribution in [-0.2, 0) is 45.6 Å². The molecule has 0 rings (SSSR count). The lowest BCUT2D eigenvalue weighted by Crippen LogP contribution is -2.46. The van der Waals surface area contributed by atoms with Gasteiger partial charge in [0.1, 0.15) is 13.2 Å². The van der Waals surface area contributed by atoms with Crippen LogP contribution in [0.5, 0.6) is 0 Å². The van der Waals surface area contributed by atoms with Gasteiger partial charge in [-0.15, -0.1) is 0 Å². The summed E-state index contributed by atoms with van der Waals surface area (Å²) in [6.45, 7) is 18.0. The Morgan fingerprint density at radius 2 is 0.837 bits per heavy atom. The molecule has 16 heteroatoms. The number of rotatable bonds is 29. The average Bonchev–Trinajstić information content (AvgIpc) is 2.98. The van der Waals surface area contributed by atoms with Gasteiger partial charge >= 0.3 is 29.5 Å². The molecule has 0 atom stereocenters.